The van der Waals surface area contributed by atoms with Crippen LogP contribution in [0.25, 0.3) is 44.8 Å². The highest BCUT2D eigenvalue weighted by atomic mass is 16.3. The van der Waals surface area contributed by atoms with E-state index in [9.17, 15) is 5.11 Å². The number of fused-ring (bicyclic) bond motifs is 2. The van der Waals surface area contributed by atoms with Gasteiger partial charge >= 0.3 is 0 Å². The topological polar surface area (TPSA) is 103 Å². The molecule has 5 aromatic rings. The number of rotatable bonds is 2. The number of pyridine rings is 2. The molecule has 5 rings (SSSR count). The van der Waals surface area contributed by atoms with Crippen LogP contribution in [-0.4, -0.2) is 35.2 Å². The highest BCUT2D eigenvalue weighted by Gasteiger charge is 2.15. The van der Waals surface area contributed by atoms with Crippen LogP contribution in [-0.2, 0) is 0 Å². The lowest BCUT2D eigenvalue weighted by atomic mass is 10.1. The minimum Gasteiger partial charge on any atom is -0.506 e. The Hall–Kier alpha value is -3.74. The zero-order chi connectivity index (χ0) is 16.8. The molecule has 0 fully saturated rings. The lowest BCUT2D eigenvalue weighted by Gasteiger charge is -2.01. The second kappa shape index (κ2) is 5.13. The molecule has 4 aromatic heterocycles. The maximum absolute atomic E-state index is 9.64. The lowest BCUT2D eigenvalue weighted by molar-refractivity contribution is 0.473. The standard InChI is InChI=1S/C18H12N6O/c25-11-7-10(8-19-9-11)12-5-6-15-16(20-12)17(24-23-15)18-21-13-3-1-2-4-14(13)22-18/h1-9,25H,(H,21,22)(H,23,24). The number of hydrogen-bond donors (Lipinski definition) is 3. The van der Waals surface area contributed by atoms with Crippen molar-refractivity contribution in [3.63, 3.8) is 0 Å². The van der Waals surface area contributed by atoms with E-state index in [2.05, 4.69) is 30.1 Å². The number of nitrogens with zero attached hydrogens (tertiary/aromatic N) is 4. The number of para-hydroxylation sites is 2. The van der Waals surface area contributed by atoms with Crippen LogP contribution in [0.15, 0.2) is 54.9 Å². The first-order valence-electron chi connectivity index (χ1n) is 7.72. The molecule has 0 radical (unpaired) electrons. The average Bonchev–Trinajstić information content (AvgIpc) is 3.24. The van der Waals surface area contributed by atoms with Crippen molar-refractivity contribution in [2.45, 2.75) is 0 Å². The van der Waals surface area contributed by atoms with Gasteiger partial charge in [-0.1, -0.05) is 12.1 Å². The van der Waals surface area contributed by atoms with Crippen LogP contribution >= 0.6 is 0 Å². The third-order valence-corrected chi connectivity index (χ3v) is 4.04. The van der Waals surface area contributed by atoms with Gasteiger partial charge in [0.05, 0.1) is 28.4 Å². The molecule has 0 saturated carbocycles. The first-order chi connectivity index (χ1) is 12.3. The van der Waals surface area contributed by atoms with Crippen LogP contribution in [0.4, 0.5) is 0 Å². The number of benzene rings is 1. The maximum atomic E-state index is 9.64. The number of imidazole rings is 1. The Kier molecular flexibility index (Phi) is 2.81. The largest absolute Gasteiger partial charge is 0.506 e. The zero-order valence-electron chi connectivity index (χ0n) is 12.9. The van der Waals surface area contributed by atoms with E-state index in [4.69, 9.17) is 0 Å². The smallest absolute Gasteiger partial charge is 0.161 e. The van der Waals surface area contributed by atoms with Crippen molar-refractivity contribution < 1.29 is 5.11 Å². The fourth-order valence-electron chi connectivity index (χ4n) is 2.86. The molecule has 0 saturated heterocycles. The van der Waals surface area contributed by atoms with E-state index in [-0.39, 0.29) is 5.75 Å². The number of nitrogens with one attached hydrogen (secondary N) is 2. The summed E-state index contributed by atoms with van der Waals surface area (Å²) in [6.45, 7) is 0. The quantitative estimate of drug-likeness (QED) is 0.461. The van der Waals surface area contributed by atoms with Crippen LogP contribution in [0.1, 0.15) is 0 Å². The summed E-state index contributed by atoms with van der Waals surface area (Å²) in [5, 5.41) is 17.0. The SMILES string of the molecule is Oc1cncc(-c2ccc3[nH]nc(-c4nc5ccccc5[nH]4)c3n2)c1. The van der Waals surface area contributed by atoms with Crippen molar-refractivity contribution in [1.82, 2.24) is 30.1 Å². The van der Waals surface area contributed by atoms with Gasteiger partial charge < -0.3 is 10.1 Å². The number of aromatic amines is 2. The first-order valence-corrected chi connectivity index (χ1v) is 7.72. The molecule has 25 heavy (non-hydrogen) atoms. The molecule has 0 spiro atoms. The van der Waals surface area contributed by atoms with Crippen molar-refractivity contribution in [3.05, 3.63) is 54.9 Å². The molecule has 4 heterocycles. The van der Waals surface area contributed by atoms with Gasteiger partial charge in [-0.25, -0.2) is 9.97 Å². The summed E-state index contributed by atoms with van der Waals surface area (Å²) >= 11 is 0. The van der Waals surface area contributed by atoms with Crippen LogP contribution in [0.3, 0.4) is 0 Å². The van der Waals surface area contributed by atoms with Gasteiger partial charge in [0.1, 0.15) is 11.3 Å². The van der Waals surface area contributed by atoms with Crippen molar-refractivity contribution in [2.24, 2.45) is 0 Å². The highest BCUT2D eigenvalue weighted by Crippen LogP contribution is 2.28. The zero-order valence-corrected chi connectivity index (χ0v) is 12.9. The summed E-state index contributed by atoms with van der Waals surface area (Å²) in [7, 11) is 0. The molecule has 0 aliphatic rings. The van der Waals surface area contributed by atoms with E-state index >= 15 is 0 Å². The monoisotopic (exact) mass is 328 g/mol. The van der Waals surface area contributed by atoms with E-state index in [1.807, 2.05) is 36.4 Å². The van der Waals surface area contributed by atoms with E-state index in [1.165, 1.54) is 6.20 Å². The van der Waals surface area contributed by atoms with Gasteiger partial charge in [0.25, 0.3) is 0 Å². The van der Waals surface area contributed by atoms with E-state index in [0.717, 1.165) is 22.1 Å². The summed E-state index contributed by atoms with van der Waals surface area (Å²) < 4.78 is 0. The molecule has 3 N–H and O–H groups in total. The second-order valence-corrected chi connectivity index (χ2v) is 5.70. The number of H-pyrrole nitrogens is 2. The van der Waals surface area contributed by atoms with Crippen molar-refractivity contribution in [1.29, 1.82) is 0 Å². The van der Waals surface area contributed by atoms with Crippen LogP contribution in [0.5, 0.6) is 5.75 Å². The molecule has 0 aliphatic carbocycles. The fourth-order valence-corrected chi connectivity index (χ4v) is 2.86. The van der Waals surface area contributed by atoms with Crippen molar-refractivity contribution in [2.75, 3.05) is 0 Å². The molecule has 1 aromatic carbocycles. The Labute approximate surface area is 141 Å². The van der Waals surface area contributed by atoms with Crippen LogP contribution < -0.4 is 0 Å². The average molecular weight is 328 g/mol. The fraction of sp³-hybridized carbons (Fsp3) is 0. The summed E-state index contributed by atoms with van der Waals surface area (Å²) in [5.74, 6) is 0.759. The molecule has 7 nitrogen and oxygen atoms in total. The summed E-state index contributed by atoms with van der Waals surface area (Å²) in [4.78, 5) is 16.6. The molecule has 0 amide bonds. The van der Waals surface area contributed by atoms with Crippen LogP contribution in [0, 0.1) is 0 Å². The lowest BCUT2D eigenvalue weighted by Crippen LogP contribution is -1.87. The third kappa shape index (κ3) is 2.21. The molecule has 7 heteroatoms. The van der Waals surface area contributed by atoms with E-state index in [0.29, 0.717) is 22.7 Å². The van der Waals surface area contributed by atoms with Crippen molar-refractivity contribution >= 4 is 22.1 Å². The Balaban J connectivity index is 1.70. The van der Waals surface area contributed by atoms with Gasteiger partial charge in [-0.15, -0.1) is 0 Å². The normalized spacial score (nSPS) is 11.4. The van der Waals surface area contributed by atoms with Crippen LogP contribution in [0.2, 0.25) is 0 Å². The number of aromatic hydroxyl groups is 1. The van der Waals surface area contributed by atoms with E-state index < -0.39 is 0 Å². The predicted molar refractivity (Wildman–Crippen MR) is 93.9 cm³/mol. The number of aromatic nitrogens is 6. The maximum Gasteiger partial charge on any atom is 0.161 e. The predicted octanol–water partition coefficient (Wildman–Crippen LogP) is 3.27. The van der Waals surface area contributed by atoms with Gasteiger partial charge in [0.15, 0.2) is 11.5 Å². The summed E-state index contributed by atoms with van der Waals surface area (Å²) in [6, 6.07) is 13.2. The molecule has 120 valence electrons. The molecule has 0 atom stereocenters. The van der Waals surface area contributed by atoms with Crippen molar-refractivity contribution in [3.8, 4) is 28.5 Å². The second-order valence-electron chi connectivity index (χ2n) is 5.70. The Morgan fingerprint density at radius 3 is 2.72 bits per heavy atom. The number of hydrogen-bond acceptors (Lipinski definition) is 5. The molecule has 0 bridgehead atoms. The molecule has 0 aliphatic heterocycles. The molecule has 0 unspecified atom stereocenters. The highest BCUT2D eigenvalue weighted by molar-refractivity contribution is 5.91. The van der Waals surface area contributed by atoms with Gasteiger partial charge in [0.2, 0.25) is 0 Å². The summed E-state index contributed by atoms with van der Waals surface area (Å²) in [5.41, 5.74) is 5.44. The Morgan fingerprint density at radius 2 is 1.84 bits per heavy atom. The summed E-state index contributed by atoms with van der Waals surface area (Å²) in [6.07, 6.45) is 3.05. The van der Waals surface area contributed by atoms with Gasteiger partial charge in [0, 0.05) is 11.8 Å². The first kappa shape index (κ1) is 13.7. The third-order valence-electron chi connectivity index (χ3n) is 4.04. The Morgan fingerprint density at radius 1 is 0.920 bits per heavy atom. The van der Waals surface area contributed by atoms with Gasteiger partial charge in [-0.05, 0) is 30.3 Å². The Bertz CT molecular complexity index is 1190. The minimum atomic E-state index is 0.101. The molecular formula is C18H12N6O. The van der Waals surface area contributed by atoms with Gasteiger partial charge in [-0.2, -0.15) is 5.10 Å². The van der Waals surface area contributed by atoms with Gasteiger partial charge in [-0.3, -0.25) is 10.1 Å². The van der Waals surface area contributed by atoms with E-state index in [1.54, 1.807) is 12.3 Å². The molecular weight excluding hydrogens is 316 g/mol. The minimum absolute atomic E-state index is 0.101.